The van der Waals surface area contributed by atoms with Crippen molar-refractivity contribution in [3.05, 3.63) is 48.3 Å². The number of nitrogens with zero attached hydrogens (tertiary/aromatic N) is 3. The van der Waals surface area contributed by atoms with E-state index in [0.29, 0.717) is 11.1 Å². The molecule has 4 heteroatoms. The number of halogens is 1. The van der Waals surface area contributed by atoms with E-state index in [1.807, 2.05) is 25.1 Å². The smallest absolute Gasteiger partial charge is 0.131 e. The quantitative estimate of drug-likeness (QED) is 0.812. The molecule has 2 rings (SSSR count). The molecule has 0 aliphatic heterocycles. The van der Waals surface area contributed by atoms with Crippen molar-refractivity contribution >= 4 is 0 Å². The first-order valence-corrected chi connectivity index (χ1v) is 5.35. The predicted molar refractivity (Wildman–Crippen MR) is 64.8 cm³/mol. The second-order valence-corrected chi connectivity index (χ2v) is 4.18. The Kier molecular flexibility index (Phi) is 3.44. The normalized spacial score (nSPS) is 10.8. The number of aromatic nitrogens is 2. The maximum Gasteiger partial charge on any atom is 0.131 e. The van der Waals surface area contributed by atoms with E-state index >= 15 is 0 Å². The largest absolute Gasteiger partial charge is 0.305 e. The molecule has 0 fully saturated rings. The lowest BCUT2D eigenvalue weighted by Crippen LogP contribution is -2.10. The molecule has 3 nitrogen and oxygen atoms in total. The van der Waals surface area contributed by atoms with Gasteiger partial charge >= 0.3 is 0 Å². The van der Waals surface area contributed by atoms with E-state index < -0.39 is 0 Å². The van der Waals surface area contributed by atoms with Crippen LogP contribution in [0.25, 0.3) is 11.1 Å². The van der Waals surface area contributed by atoms with Crippen LogP contribution in [0.1, 0.15) is 5.56 Å². The fourth-order valence-corrected chi connectivity index (χ4v) is 1.70. The molecule has 2 aromatic rings. The summed E-state index contributed by atoms with van der Waals surface area (Å²) in [7, 11) is 3.96. The lowest BCUT2D eigenvalue weighted by atomic mass is 10.0. The minimum atomic E-state index is -0.248. The predicted octanol–water partition coefficient (Wildman–Crippen LogP) is 2.34. The Morgan fingerprint density at radius 3 is 2.53 bits per heavy atom. The molecule has 88 valence electrons. The molecular weight excluding hydrogens is 217 g/mol. The highest BCUT2D eigenvalue weighted by atomic mass is 19.1. The zero-order valence-corrected chi connectivity index (χ0v) is 9.89. The summed E-state index contributed by atoms with van der Waals surface area (Å²) >= 11 is 0. The molecule has 1 aromatic heterocycles. The van der Waals surface area contributed by atoms with Crippen LogP contribution in [0.3, 0.4) is 0 Å². The first kappa shape index (κ1) is 11.7. The van der Waals surface area contributed by atoms with Gasteiger partial charge < -0.3 is 4.90 Å². The summed E-state index contributed by atoms with van der Waals surface area (Å²) in [4.78, 5) is 9.85. The first-order valence-electron chi connectivity index (χ1n) is 5.35. The van der Waals surface area contributed by atoms with Crippen molar-refractivity contribution in [2.45, 2.75) is 6.54 Å². The number of benzene rings is 1. The van der Waals surface area contributed by atoms with Gasteiger partial charge in [-0.1, -0.05) is 6.07 Å². The highest BCUT2D eigenvalue weighted by Crippen LogP contribution is 2.22. The summed E-state index contributed by atoms with van der Waals surface area (Å²) in [5, 5.41) is 0. The van der Waals surface area contributed by atoms with Gasteiger partial charge in [0.05, 0.1) is 0 Å². The molecule has 0 N–H and O–H groups in total. The fraction of sp³-hybridized carbons (Fsp3) is 0.231. The van der Waals surface area contributed by atoms with E-state index in [0.717, 1.165) is 12.1 Å². The van der Waals surface area contributed by atoms with Crippen molar-refractivity contribution in [2.24, 2.45) is 0 Å². The minimum Gasteiger partial charge on any atom is -0.305 e. The molecule has 0 radical (unpaired) electrons. The van der Waals surface area contributed by atoms with Gasteiger partial charge in [0.1, 0.15) is 12.1 Å². The van der Waals surface area contributed by atoms with Crippen molar-refractivity contribution in [1.29, 1.82) is 0 Å². The lowest BCUT2D eigenvalue weighted by molar-refractivity contribution is 0.402. The van der Waals surface area contributed by atoms with Crippen LogP contribution in [-0.2, 0) is 6.54 Å². The molecule has 0 saturated carbocycles. The third kappa shape index (κ3) is 2.85. The van der Waals surface area contributed by atoms with Crippen molar-refractivity contribution in [2.75, 3.05) is 14.1 Å². The van der Waals surface area contributed by atoms with E-state index in [-0.39, 0.29) is 5.82 Å². The minimum absolute atomic E-state index is 0.248. The van der Waals surface area contributed by atoms with Gasteiger partial charge in [0, 0.05) is 30.1 Å². The van der Waals surface area contributed by atoms with E-state index in [1.54, 1.807) is 18.5 Å². The van der Waals surface area contributed by atoms with Crippen LogP contribution in [0.4, 0.5) is 4.39 Å². The standard InChI is InChI=1S/C13H14FN3/c1-17(2)8-10-3-4-13(14)12(5-10)11-6-15-9-16-7-11/h3-7,9H,8H2,1-2H3. The van der Waals surface area contributed by atoms with Crippen LogP contribution in [-0.4, -0.2) is 29.0 Å². The molecule has 1 aromatic carbocycles. The Balaban J connectivity index is 2.40. The van der Waals surface area contributed by atoms with Crippen molar-refractivity contribution in [1.82, 2.24) is 14.9 Å². The topological polar surface area (TPSA) is 29.0 Å². The van der Waals surface area contributed by atoms with Gasteiger partial charge in [-0.3, -0.25) is 0 Å². The number of hydrogen-bond acceptors (Lipinski definition) is 3. The zero-order chi connectivity index (χ0) is 12.3. The van der Waals surface area contributed by atoms with E-state index in [1.165, 1.54) is 12.4 Å². The Morgan fingerprint density at radius 2 is 1.88 bits per heavy atom. The van der Waals surface area contributed by atoms with Gasteiger partial charge in [0.15, 0.2) is 0 Å². The highest BCUT2D eigenvalue weighted by Gasteiger charge is 2.07. The molecular formula is C13H14FN3. The van der Waals surface area contributed by atoms with Gasteiger partial charge in [-0.2, -0.15) is 0 Å². The number of hydrogen-bond donors (Lipinski definition) is 0. The van der Waals surface area contributed by atoms with E-state index in [4.69, 9.17) is 0 Å². The second-order valence-electron chi connectivity index (χ2n) is 4.18. The highest BCUT2D eigenvalue weighted by molar-refractivity contribution is 5.63. The summed E-state index contributed by atoms with van der Waals surface area (Å²) in [6, 6.07) is 5.12. The Labute approximate surface area is 99.9 Å². The lowest BCUT2D eigenvalue weighted by Gasteiger charge is -2.11. The Bertz CT molecular complexity index is 497. The summed E-state index contributed by atoms with van der Waals surface area (Å²) in [5.41, 5.74) is 2.31. The summed E-state index contributed by atoms with van der Waals surface area (Å²) in [5.74, 6) is -0.248. The monoisotopic (exact) mass is 231 g/mol. The SMILES string of the molecule is CN(C)Cc1ccc(F)c(-c2cncnc2)c1. The molecule has 0 spiro atoms. The molecule has 0 aliphatic carbocycles. The summed E-state index contributed by atoms with van der Waals surface area (Å²) < 4.78 is 13.7. The van der Waals surface area contributed by atoms with Gasteiger partial charge in [0.25, 0.3) is 0 Å². The maximum absolute atomic E-state index is 13.7. The molecule has 0 bridgehead atoms. The van der Waals surface area contributed by atoms with Crippen LogP contribution in [0.15, 0.2) is 36.9 Å². The second kappa shape index (κ2) is 5.01. The third-order valence-electron chi connectivity index (χ3n) is 2.40. The molecule has 0 unspecified atom stereocenters. The van der Waals surface area contributed by atoms with Gasteiger partial charge in [-0.05, 0) is 31.8 Å². The zero-order valence-electron chi connectivity index (χ0n) is 9.89. The van der Waals surface area contributed by atoms with E-state index in [2.05, 4.69) is 9.97 Å². The third-order valence-corrected chi connectivity index (χ3v) is 2.40. The van der Waals surface area contributed by atoms with Gasteiger partial charge in [0.2, 0.25) is 0 Å². The average Bonchev–Trinajstić information content (AvgIpc) is 2.32. The maximum atomic E-state index is 13.7. The molecule has 17 heavy (non-hydrogen) atoms. The Hall–Kier alpha value is -1.81. The van der Waals surface area contributed by atoms with Crippen LogP contribution in [0, 0.1) is 5.82 Å². The van der Waals surface area contributed by atoms with E-state index in [9.17, 15) is 4.39 Å². The van der Waals surface area contributed by atoms with Crippen LogP contribution in [0.2, 0.25) is 0 Å². The summed E-state index contributed by atoms with van der Waals surface area (Å²) in [6.07, 6.45) is 4.67. The summed E-state index contributed by atoms with van der Waals surface area (Å²) in [6.45, 7) is 0.779. The molecule has 0 saturated heterocycles. The van der Waals surface area contributed by atoms with Crippen LogP contribution in [0.5, 0.6) is 0 Å². The number of rotatable bonds is 3. The van der Waals surface area contributed by atoms with Gasteiger partial charge in [-0.25, -0.2) is 14.4 Å². The molecule has 0 atom stereocenters. The van der Waals surface area contributed by atoms with Crippen LogP contribution >= 0.6 is 0 Å². The average molecular weight is 231 g/mol. The van der Waals surface area contributed by atoms with Crippen molar-refractivity contribution < 1.29 is 4.39 Å². The molecule has 0 amide bonds. The van der Waals surface area contributed by atoms with Gasteiger partial charge in [-0.15, -0.1) is 0 Å². The van der Waals surface area contributed by atoms with Crippen molar-refractivity contribution in [3.8, 4) is 11.1 Å². The first-order chi connectivity index (χ1) is 8.16. The molecule has 0 aliphatic rings. The fourth-order valence-electron chi connectivity index (χ4n) is 1.70. The van der Waals surface area contributed by atoms with Crippen LogP contribution < -0.4 is 0 Å². The van der Waals surface area contributed by atoms with Crippen molar-refractivity contribution in [3.63, 3.8) is 0 Å². The Morgan fingerprint density at radius 1 is 1.18 bits per heavy atom. The molecule has 1 heterocycles.